The van der Waals surface area contributed by atoms with E-state index in [2.05, 4.69) is 10.1 Å². The first-order valence-corrected chi connectivity index (χ1v) is 8.22. The lowest BCUT2D eigenvalue weighted by Crippen LogP contribution is -2.43. The number of benzene rings is 2. The van der Waals surface area contributed by atoms with E-state index in [4.69, 9.17) is 4.74 Å². The standard InChI is InChI=1S/C19H18F3NO6/c1-28-14-7-6-10(15(24)16(14)25)9-13(18(27)29-2)23-17(26)11-4-3-5-12(8-11)19(20,21)22/h3-8,13,24-25H,9H2,1-2H3,(H,23,26)/t13-/m0/s1. The summed E-state index contributed by atoms with van der Waals surface area (Å²) in [4.78, 5) is 24.4. The molecular weight excluding hydrogens is 395 g/mol. The number of hydrogen-bond acceptors (Lipinski definition) is 6. The molecule has 0 fully saturated rings. The number of amides is 1. The van der Waals surface area contributed by atoms with Crippen molar-refractivity contribution in [3.63, 3.8) is 0 Å². The Morgan fingerprint density at radius 1 is 1.10 bits per heavy atom. The second-order valence-corrected chi connectivity index (χ2v) is 5.96. The Balaban J connectivity index is 2.27. The van der Waals surface area contributed by atoms with E-state index < -0.39 is 41.2 Å². The first kappa shape index (κ1) is 21.9. The van der Waals surface area contributed by atoms with Crippen molar-refractivity contribution in [3.8, 4) is 17.2 Å². The van der Waals surface area contributed by atoms with Gasteiger partial charge in [-0.2, -0.15) is 13.2 Å². The number of ether oxygens (including phenoxy) is 2. The fourth-order valence-electron chi connectivity index (χ4n) is 2.57. The Morgan fingerprint density at radius 2 is 1.79 bits per heavy atom. The molecule has 3 N–H and O–H groups in total. The van der Waals surface area contributed by atoms with Crippen molar-refractivity contribution in [2.45, 2.75) is 18.6 Å². The Morgan fingerprint density at radius 3 is 2.38 bits per heavy atom. The highest BCUT2D eigenvalue weighted by atomic mass is 19.4. The van der Waals surface area contributed by atoms with Gasteiger partial charge in [0.25, 0.3) is 5.91 Å². The summed E-state index contributed by atoms with van der Waals surface area (Å²) < 4.78 is 48.0. The van der Waals surface area contributed by atoms with Gasteiger partial charge in [0.2, 0.25) is 5.75 Å². The maximum Gasteiger partial charge on any atom is 0.416 e. The van der Waals surface area contributed by atoms with Crippen LogP contribution in [0.1, 0.15) is 21.5 Å². The minimum Gasteiger partial charge on any atom is -0.504 e. The SMILES string of the molecule is COC(=O)[C@H](Cc1ccc(OC)c(O)c1O)NC(=O)c1cccc(C(F)(F)F)c1. The molecule has 0 aliphatic carbocycles. The van der Waals surface area contributed by atoms with Crippen LogP contribution in [-0.4, -0.2) is 42.4 Å². The summed E-state index contributed by atoms with van der Waals surface area (Å²) in [6, 6.07) is 5.06. The van der Waals surface area contributed by atoms with Gasteiger partial charge in [-0.1, -0.05) is 12.1 Å². The highest BCUT2D eigenvalue weighted by Gasteiger charge is 2.31. The molecular formula is C19H18F3NO6. The van der Waals surface area contributed by atoms with Crippen molar-refractivity contribution in [1.29, 1.82) is 0 Å². The zero-order valence-corrected chi connectivity index (χ0v) is 15.4. The van der Waals surface area contributed by atoms with Gasteiger partial charge in [-0.25, -0.2) is 4.79 Å². The summed E-state index contributed by atoms with van der Waals surface area (Å²) in [6.45, 7) is 0. The van der Waals surface area contributed by atoms with Crippen molar-refractivity contribution in [3.05, 3.63) is 53.1 Å². The van der Waals surface area contributed by atoms with Crippen LogP contribution in [0.2, 0.25) is 0 Å². The molecule has 10 heteroatoms. The van der Waals surface area contributed by atoms with E-state index >= 15 is 0 Å². The molecule has 1 amide bonds. The molecule has 0 radical (unpaired) electrons. The zero-order chi connectivity index (χ0) is 21.8. The van der Waals surface area contributed by atoms with Crippen molar-refractivity contribution in [2.24, 2.45) is 0 Å². The molecule has 2 aromatic carbocycles. The molecule has 0 bridgehead atoms. The summed E-state index contributed by atoms with van der Waals surface area (Å²) in [5.41, 5.74) is -1.24. The highest BCUT2D eigenvalue weighted by molar-refractivity contribution is 5.97. The van der Waals surface area contributed by atoms with Crippen LogP contribution in [0.25, 0.3) is 0 Å². The van der Waals surface area contributed by atoms with Crippen LogP contribution in [0.3, 0.4) is 0 Å². The fourth-order valence-corrected chi connectivity index (χ4v) is 2.57. The molecule has 2 rings (SSSR count). The van der Waals surface area contributed by atoms with Crippen molar-refractivity contribution in [2.75, 3.05) is 14.2 Å². The monoisotopic (exact) mass is 413 g/mol. The average molecular weight is 413 g/mol. The summed E-state index contributed by atoms with van der Waals surface area (Å²) >= 11 is 0. The van der Waals surface area contributed by atoms with Crippen molar-refractivity contribution < 1.29 is 42.4 Å². The zero-order valence-electron chi connectivity index (χ0n) is 15.4. The molecule has 2 aromatic rings. The van der Waals surface area contributed by atoms with Gasteiger partial charge in [0.15, 0.2) is 11.5 Å². The van der Waals surface area contributed by atoms with Crippen LogP contribution in [0.5, 0.6) is 17.2 Å². The van der Waals surface area contributed by atoms with Crippen LogP contribution >= 0.6 is 0 Å². The second-order valence-electron chi connectivity index (χ2n) is 5.96. The van der Waals surface area contributed by atoms with Crippen LogP contribution in [-0.2, 0) is 22.1 Å². The maximum atomic E-state index is 12.8. The first-order valence-electron chi connectivity index (χ1n) is 8.22. The number of carbonyl (C=O) groups excluding carboxylic acids is 2. The molecule has 0 heterocycles. The molecule has 0 aliphatic rings. The Kier molecular flexibility index (Phi) is 6.57. The molecule has 0 saturated heterocycles. The first-order chi connectivity index (χ1) is 13.6. The number of hydrogen-bond donors (Lipinski definition) is 3. The summed E-state index contributed by atoms with van der Waals surface area (Å²) in [5.74, 6) is -2.96. The number of nitrogens with one attached hydrogen (secondary N) is 1. The van der Waals surface area contributed by atoms with Crippen molar-refractivity contribution >= 4 is 11.9 Å². The normalized spacial score (nSPS) is 12.2. The van der Waals surface area contributed by atoms with Gasteiger partial charge < -0.3 is 25.0 Å². The van der Waals surface area contributed by atoms with Crippen LogP contribution in [0, 0.1) is 0 Å². The highest BCUT2D eigenvalue weighted by Crippen LogP contribution is 2.38. The summed E-state index contributed by atoms with van der Waals surface area (Å²) in [7, 11) is 2.35. The number of methoxy groups -OCH3 is 2. The number of phenols is 2. The molecule has 0 aromatic heterocycles. The van der Waals surface area contributed by atoms with Gasteiger partial charge in [0, 0.05) is 17.5 Å². The predicted octanol–water partition coefficient (Wildman–Crippen LogP) is 2.64. The largest absolute Gasteiger partial charge is 0.504 e. The van der Waals surface area contributed by atoms with Gasteiger partial charge in [-0.3, -0.25) is 4.79 Å². The Labute approximate surface area is 163 Å². The maximum absolute atomic E-state index is 12.8. The van der Waals surface area contributed by atoms with E-state index in [1.807, 2.05) is 0 Å². The second kappa shape index (κ2) is 8.72. The van der Waals surface area contributed by atoms with E-state index in [0.717, 1.165) is 25.3 Å². The van der Waals surface area contributed by atoms with E-state index in [9.17, 15) is 33.0 Å². The smallest absolute Gasteiger partial charge is 0.416 e. The minimum atomic E-state index is -4.63. The lowest BCUT2D eigenvalue weighted by Gasteiger charge is -2.18. The summed E-state index contributed by atoms with van der Waals surface area (Å²) in [6.07, 6.45) is -4.93. The number of alkyl halides is 3. The third kappa shape index (κ3) is 5.09. The Hall–Kier alpha value is -3.43. The molecule has 1 atom stereocenters. The van der Waals surface area contributed by atoms with E-state index in [0.29, 0.717) is 6.07 Å². The van der Waals surface area contributed by atoms with Crippen molar-refractivity contribution in [1.82, 2.24) is 5.32 Å². The molecule has 7 nitrogen and oxygen atoms in total. The van der Waals surface area contributed by atoms with Crippen LogP contribution in [0.4, 0.5) is 13.2 Å². The minimum absolute atomic E-state index is 0.00568. The molecule has 0 spiro atoms. The van der Waals surface area contributed by atoms with Crippen LogP contribution < -0.4 is 10.1 Å². The summed E-state index contributed by atoms with van der Waals surface area (Å²) in [5, 5.41) is 22.2. The lowest BCUT2D eigenvalue weighted by atomic mass is 10.0. The van der Waals surface area contributed by atoms with Gasteiger partial charge >= 0.3 is 12.1 Å². The predicted molar refractivity (Wildman–Crippen MR) is 94.7 cm³/mol. The molecule has 0 saturated carbocycles. The molecule has 0 unspecified atom stereocenters. The number of carbonyl (C=O) groups is 2. The molecule has 156 valence electrons. The number of esters is 1. The van der Waals surface area contributed by atoms with Gasteiger partial charge in [-0.05, 0) is 24.3 Å². The fraction of sp³-hybridized carbons (Fsp3) is 0.263. The quantitative estimate of drug-likeness (QED) is 0.497. The third-order valence-electron chi connectivity index (χ3n) is 4.08. The lowest BCUT2D eigenvalue weighted by molar-refractivity contribution is -0.143. The molecule has 0 aliphatic heterocycles. The van der Waals surface area contributed by atoms with E-state index in [-0.39, 0.29) is 23.3 Å². The number of phenolic OH excluding ortho intramolecular Hbond substituents is 2. The van der Waals surface area contributed by atoms with Crippen LogP contribution in [0.15, 0.2) is 36.4 Å². The van der Waals surface area contributed by atoms with Gasteiger partial charge in [0.05, 0.1) is 19.8 Å². The molecule has 29 heavy (non-hydrogen) atoms. The number of halogens is 3. The average Bonchev–Trinajstić information content (AvgIpc) is 2.69. The van der Waals surface area contributed by atoms with Gasteiger partial charge in [-0.15, -0.1) is 0 Å². The third-order valence-corrected chi connectivity index (χ3v) is 4.08. The van der Waals surface area contributed by atoms with E-state index in [1.165, 1.54) is 19.2 Å². The topological polar surface area (TPSA) is 105 Å². The number of aromatic hydroxyl groups is 2. The van der Waals surface area contributed by atoms with Gasteiger partial charge in [0.1, 0.15) is 6.04 Å². The number of rotatable bonds is 6. The Bertz CT molecular complexity index is 913. The van der Waals surface area contributed by atoms with E-state index in [1.54, 1.807) is 0 Å².